The second kappa shape index (κ2) is 6.97. The molecule has 0 aliphatic rings. The molecule has 0 aliphatic carbocycles. The molecular formula is C18H25NO3. The number of aromatic nitrogens is 1. The molecule has 4 nitrogen and oxygen atoms in total. The number of fused-ring (bicyclic) bond motifs is 1. The molecule has 0 spiro atoms. The molecule has 0 saturated heterocycles. The van der Waals surface area contributed by atoms with Gasteiger partial charge in [-0.25, -0.2) is 4.79 Å². The zero-order valence-corrected chi connectivity index (χ0v) is 14.1. The third kappa shape index (κ3) is 2.75. The zero-order chi connectivity index (χ0) is 16.3. The van der Waals surface area contributed by atoms with Gasteiger partial charge in [-0.05, 0) is 33.3 Å². The lowest BCUT2D eigenvalue weighted by atomic mass is 10.1. The van der Waals surface area contributed by atoms with Crippen LogP contribution >= 0.6 is 0 Å². The molecule has 22 heavy (non-hydrogen) atoms. The first kappa shape index (κ1) is 16.6. The number of hydrogen-bond donors (Lipinski definition) is 0. The SMILES string of the molecule is CCOC(=O)c1c(C)n(C(C)C(CC)OC)c2ccccc12. The van der Waals surface area contributed by atoms with E-state index in [0.717, 1.165) is 23.0 Å². The molecule has 1 aromatic heterocycles. The topological polar surface area (TPSA) is 40.5 Å². The lowest BCUT2D eigenvalue weighted by Gasteiger charge is -2.25. The monoisotopic (exact) mass is 303 g/mol. The van der Waals surface area contributed by atoms with Crippen molar-refractivity contribution in [2.75, 3.05) is 13.7 Å². The Morgan fingerprint density at radius 2 is 1.95 bits per heavy atom. The second-order valence-corrected chi connectivity index (χ2v) is 5.49. The Hall–Kier alpha value is -1.81. The Morgan fingerprint density at radius 1 is 1.27 bits per heavy atom. The summed E-state index contributed by atoms with van der Waals surface area (Å²) in [6, 6.07) is 8.11. The van der Waals surface area contributed by atoms with E-state index < -0.39 is 0 Å². The van der Waals surface area contributed by atoms with Crippen molar-refractivity contribution in [3.8, 4) is 0 Å². The first-order valence-corrected chi connectivity index (χ1v) is 7.86. The third-order valence-electron chi connectivity index (χ3n) is 4.29. The molecular weight excluding hydrogens is 278 g/mol. The number of para-hydroxylation sites is 1. The summed E-state index contributed by atoms with van der Waals surface area (Å²) in [5.41, 5.74) is 2.64. The molecule has 120 valence electrons. The van der Waals surface area contributed by atoms with Gasteiger partial charge in [-0.3, -0.25) is 0 Å². The number of rotatable bonds is 6. The minimum atomic E-state index is -0.257. The van der Waals surface area contributed by atoms with Crippen LogP contribution in [0.15, 0.2) is 24.3 Å². The van der Waals surface area contributed by atoms with Crippen LogP contribution in [-0.4, -0.2) is 30.4 Å². The first-order valence-electron chi connectivity index (χ1n) is 7.86. The van der Waals surface area contributed by atoms with Gasteiger partial charge in [-0.2, -0.15) is 0 Å². The number of carbonyl (C=O) groups excluding carboxylic acids is 1. The maximum Gasteiger partial charge on any atom is 0.340 e. The van der Waals surface area contributed by atoms with E-state index in [4.69, 9.17) is 9.47 Å². The highest BCUT2D eigenvalue weighted by Gasteiger charge is 2.26. The summed E-state index contributed by atoms with van der Waals surface area (Å²) in [5, 5.41) is 0.941. The van der Waals surface area contributed by atoms with Crippen molar-refractivity contribution in [1.29, 1.82) is 0 Å². The minimum Gasteiger partial charge on any atom is -0.462 e. The summed E-state index contributed by atoms with van der Waals surface area (Å²) in [6.07, 6.45) is 1.02. The lowest BCUT2D eigenvalue weighted by molar-refractivity contribution is 0.0521. The number of nitrogens with zero attached hydrogens (tertiary/aromatic N) is 1. The highest BCUT2D eigenvalue weighted by molar-refractivity contribution is 6.06. The van der Waals surface area contributed by atoms with Crippen LogP contribution < -0.4 is 0 Å². The Kier molecular flexibility index (Phi) is 5.24. The lowest BCUT2D eigenvalue weighted by Crippen LogP contribution is -2.24. The summed E-state index contributed by atoms with van der Waals surface area (Å²) in [4.78, 5) is 12.4. The van der Waals surface area contributed by atoms with Crippen LogP contribution in [0.2, 0.25) is 0 Å². The van der Waals surface area contributed by atoms with Crippen molar-refractivity contribution in [3.05, 3.63) is 35.5 Å². The third-order valence-corrected chi connectivity index (χ3v) is 4.29. The van der Waals surface area contributed by atoms with E-state index in [0.29, 0.717) is 12.2 Å². The van der Waals surface area contributed by atoms with E-state index in [1.807, 2.05) is 38.1 Å². The van der Waals surface area contributed by atoms with Gasteiger partial charge in [0.25, 0.3) is 0 Å². The van der Waals surface area contributed by atoms with Gasteiger partial charge in [0.15, 0.2) is 0 Å². The van der Waals surface area contributed by atoms with E-state index in [1.165, 1.54) is 0 Å². The van der Waals surface area contributed by atoms with Crippen LogP contribution in [0.1, 0.15) is 49.3 Å². The predicted octanol–water partition coefficient (Wildman–Crippen LogP) is 4.11. The molecule has 0 N–H and O–H groups in total. The average molecular weight is 303 g/mol. The molecule has 0 fully saturated rings. The van der Waals surface area contributed by atoms with Crippen molar-refractivity contribution in [2.45, 2.75) is 46.3 Å². The number of methoxy groups -OCH3 is 1. The maximum absolute atomic E-state index is 12.4. The summed E-state index contributed by atoms with van der Waals surface area (Å²) >= 11 is 0. The van der Waals surface area contributed by atoms with Crippen LogP contribution in [0, 0.1) is 6.92 Å². The number of ether oxygens (including phenoxy) is 2. The molecule has 0 saturated carbocycles. The van der Waals surface area contributed by atoms with Gasteiger partial charge in [0.1, 0.15) is 0 Å². The van der Waals surface area contributed by atoms with Gasteiger partial charge in [0.2, 0.25) is 0 Å². The standard InChI is InChI=1S/C18H25NO3/c1-6-16(21-5)12(3)19-13(4)17(18(20)22-7-2)14-10-8-9-11-15(14)19/h8-12,16H,6-7H2,1-5H3. The van der Waals surface area contributed by atoms with Gasteiger partial charge < -0.3 is 14.0 Å². The summed E-state index contributed by atoms with van der Waals surface area (Å²) in [5.74, 6) is -0.257. The molecule has 4 heteroatoms. The molecule has 2 rings (SSSR count). The highest BCUT2D eigenvalue weighted by atomic mass is 16.5. The normalized spacial score (nSPS) is 14.0. The fraction of sp³-hybridized carbons (Fsp3) is 0.500. The van der Waals surface area contributed by atoms with Crippen molar-refractivity contribution in [2.24, 2.45) is 0 Å². The molecule has 2 unspecified atom stereocenters. The van der Waals surface area contributed by atoms with E-state index >= 15 is 0 Å². The molecule has 2 atom stereocenters. The highest BCUT2D eigenvalue weighted by Crippen LogP contribution is 2.31. The number of hydrogen-bond acceptors (Lipinski definition) is 3. The molecule has 0 radical (unpaired) electrons. The number of benzene rings is 1. The largest absolute Gasteiger partial charge is 0.462 e. The number of esters is 1. The molecule has 1 heterocycles. The van der Waals surface area contributed by atoms with Crippen LogP contribution in [0.3, 0.4) is 0 Å². The fourth-order valence-corrected chi connectivity index (χ4v) is 3.25. The van der Waals surface area contributed by atoms with Crippen molar-refractivity contribution >= 4 is 16.9 Å². The number of carbonyl (C=O) groups is 1. The van der Waals surface area contributed by atoms with Crippen LogP contribution in [0.4, 0.5) is 0 Å². The van der Waals surface area contributed by atoms with Gasteiger partial charge in [0.05, 0.1) is 24.3 Å². The molecule has 2 aromatic rings. The smallest absolute Gasteiger partial charge is 0.340 e. The second-order valence-electron chi connectivity index (χ2n) is 5.49. The van der Waals surface area contributed by atoms with E-state index in [-0.39, 0.29) is 18.1 Å². The minimum absolute atomic E-state index is 0.101. The van der Waals surface area contributed by atoms with Gasteiger partial charge >= 0.3 is 5.97 Å². The average Bonchev–Trinajstić information content (AvgIpc) is 2.80. The van der Waals surface area contributed by atoms with E-state index in [1.54, 1.807) is 7.11 Å². The molecule has 0 bridgehead atoms. The van der Waals surface area contributed by atoms with Gasteiger partial charge in [-0.1, -0.05) is 25.1 Å². The van der Waals surface area contributed by atoms with Crippen molar-refractivity contribution in [1.82, 2.24) is 4.57 Å². The molecule has 0 amide bonds. The summed E-state index contributed by atoms with van der Waals surface area (Å²) in [7, 11) is 1.73. The quantitative estimate of drug-likeness (QED) is 0.754. The first-order chi connectivity index (χ1) is 10.6. The summed E-state index contributed by atoms with van der Waals surface area (Å²) in [6.45, 7) is 8.42. The van der Waals surface area contributed by atoms with Crippen LogP contribution in [0.25, 0.3) is 10.9 Å². The fourth-order valence-electron chi connectivity index (χ4n) is 3.25. The van der Waals surface area contributed by atoms with Crippen molar-refractivity contribution < 1.29 is 14.3 Å². The molecule has 0 aliphatic heterocycles. The van der Waals surface area contributed by atoms with Gasteiger partial charge in [-0.15, -0.1) is 0 Å². The summed E-state index contributed by atoms with van der Waals surface area (Å²) < 4.78 is 13.0. The zero-order valence-electron chi connectivity index (χ0n) is 14.1. The van der Waals surface area contributed by atoms with Crippen LogP contribution in [0.5, 0.6) is 0 Å². The Bertz CT molecular complexity index is 656. The van der Waals surface area contributed by atoms with Crippen molar-refractivity contribution in [3.63, 3.8) is 0 Å². The van der Waals surface area contributed by atoms with Gasteiger partial charge in [0, 0.05) is 23.7 Å². The Labute approximate surface area is 132 Å². The van der Waals surface area contributed by atoms with E-state index in [9.17, 15) is 4.79 Å². The van der Waals surface area contributed by atoms with E-state index in [2.05, 4.69) is 18.4 Å². The molecule has 1 aromatic carbocycles. The Balaban J connectivity index is 2.65. The predicted molar refractivity (Wildman–Crippen MR) is 88.4 cm³/mol. The van der Waals surface area contributed by atoms with Crippen LogP contribution in [-0.2, 0) is 9.47 Å². The Morgan fingerprint density at radius 3 is 2.55 bits per heavy atom. The maximum atomic E-state index is 12.4.